The van der Waals surface area contributed by atoms with Crippen LogP contribution in [-0.2, 0) is 18.9 Å². The lowest BCUT2D eigenvalue weighted by molar-refractivity contribution is -0.238. The first-order valence-corrected chi connectivity index (χ1v) is 12.5. The van der Waals surface area contributed by atoms with E-state index in [9.17, 15) is 14.8 Å². The summed E-state index contributed by atoms with van der Waals surface area (Å²) in [5.74, 6) is 0.503. The van der Waals surface area contributed by atoms with E-state index in [0.717, 1.165) is 12.2 Å². The SMILES string of the molecule is CC(Nc1nc(Cl)nc2c1ccn2[C@@H]1O[C@H](COOP(C)(=O)O)[C@@H](O)[C@H]1O)c1ccccc1. The molecule has 13 heteroatoms. The molecule has 6 atom stereocenters. The van der Waals surface area contributed by atoms with Gasteiger partial charge in [0.05, 0.1) is 5.39 Å². The molecule has 1 aromatic carbocycles. The number of nitrogens with zero attached hydrogens (tertiary/aromatic N) is 3. The van der Waals surface area contributed by atoms with Gasteiger partial charge in [-0.05, 0) is 30.2 Å². The molecule has 11 nitrogen and oxygen atoms in total. The summed E-state index contributed by atoms with van der Waals surface area (Å²) in [6.45, 7) is 2.57. The molecule has 0 saturated carbocycles. The van der Waals surface area contributed by atoms with Crippen molar-refractivity contribution in [1.29, 1.82) is 0 Å². The first-order valence-electron chi connectivity index (χ1n) is 10.1. The molecule has 2 aromatic heterocycles. The third-order valence-electron chi connectivity index (χ3n) is 5.23. The summed E-state index contributed by atoms with van der Waals surface area (Å²) in [4.78, 5) is 22.4. The number of ether oxygens (including phenoxy) is 1. The number of hydrogen-bond acceptors (Lipinski definition) is 9. The summed E-state index contributed by atoms with van der Waals surface area (Å²) < 4.78 is 22.8. The fourth-order valence-corrected chi connectivity index (χ4v) is 4.07. The molecule has 0 spiro atoms. The molecule has 4 rings (SSSR count). The van der Waals surface area contributed by atoms with Crippen LogP contribution in [0.1, 0.15) is 24.8 Å². The second kappa shape index (κ2) is 9.65. The van der Waals surface area contributed by atoms with E-state index >= 15 is 0 Å². The van der Waals surface area contributed by atoms with E-state index < -0.39 is 32.1 Å². The van der Waals surface area contributed by atoms with E-state index in [-0.39, 0.29) is 17.9 Å². The monoisotopic (exact) mass is 498 g/mol. The molecule has 0 bridgehead atoms. The molecule has 1 aliphatic rings. The second-order valence-electron chi connectivity index (χ2n) is 7.79. The third kappa shape index (κ3) is 5.37. The van der Waals surface area contributed by atoms with Crippen molar-refractivity contribution < 1.29 is 34.0 Å². The van der Waals surface area contributed by atoms with Crippen molar-refractivity contribution in [1.82, 2.24) is 14.5 Å². The lowest BCUT2D eigenvalue weighted by Crippen LogP contribution is -2.33. The molecule has 0 radical (unpaired) electrons. The first kappa shape index (κ1) is 24.1. The normalized spacial score (nSPS) is 25.8. The predicted octanol–water partition coefficient (Wildman–Crippen LogP) is 2.64. The number of halogens is 1. The number of fused-ring (bicyclic) bond motifs is 1. The van der Waals surface area contributed by atoms with Gasteiger partial charge in [-0.25, -0.2) is 9.87 Å². The summed E-state index contributed by atoms with van der Waals surface area (Å²) in [6, 6.07) is 11.5. The molecule has 0 amide bonds. The standard InChI is InChI=1S/C20H24ClN4O7P/c1-11(12-6-4-3-5-7-12)22-17-13-8-9-25(18(13)24-20(21)23-17)19-16(27)15(26)14(31-19)10-30-32-33(2,28)29/h3-9,11,14-16,19,26-27H,10H2,1-2H3,(H,28,29)(H,22,23,24)/t11?,14-,15-,16-,19-/m1/s1. The molecule has 178 valence electrons. The molecule has 2 unspecified atom stereocenters. The van der Waals surface area contributed by atoms with Gasteiger partial charge in [-0.3, -0.25) is 4.57 Å². The zero-order chi connectivity index (χ0) is 23.8. The summed E-state index contributed by atoms with van der Waals surface area (Å²) >= 11 is 6.18. The third-order valence-corrected chi connectivity index (χ3v) is 5.78. The van der Waals surface area contributed by atoms with Gasteiger partial charge in [0.1, 0.15) is 36.4 Å². The van der Waals surface area contributed by atoms with Crippen LogP contribution in [0, 0.1) is 0 Å². The average molecular weight is 499 g/mol. The van der Waals surface area contributed by atoms with Gasteiger partial charge in [-0.15, -0.1) is 4.67 Å². The van der Waals surface area contributed by atoms with E-state index in [4.69, 9.17) is 26.1 Å². The lowest BCUT2D eigenvalue weighted by atomic mass is 10.1. The Hall–Kier alpha value is -2.08. The Labute approximate surface area is 194 Å². The molecule has 1 aliphatic heterocycles. The van der Waals surface area contributed by atoms with Gasteiger partial charge in [0.2, 0.25) is 5.28 Å². The number of anilines is 1. The van der Waals surface area contributed by atoms with Gasteiger partial charge in [-0.1, -0.05) is 30.3 Å². The van der Waals surface area contributed by atoms with Gasteiger partial charge < -0.3 is 29.7 Å². The molecule has 33 heavy (non-hydrogen) atoms. The molecular formula is C20H24ClN4O7P. The maximum atomic E-state index is 11.2. The lowest BCUT2D eigenvalue weighted by Gasteiger charge is -2.18. The van der Waals surface area contributed by atoms with Crippen molar-refractivity contribution >= 4 is 36.0 Å². The van der Waals surface area contributed by atoms with Crippen molar-refractivity contribution in [3.05, 3.63) is 53.4 Å². The molecule has 1 saturated heterocycles. The molecule has 0 aliphatic carbocycles. The number of rotatable bonds is 8. The van der Waals surface area contributed by atoms with Gasteiger partial charge in [0.25, 0.3) is 0 Å². The summed E-state index contributed by atoms with van der Waals surface area (Å²) in [5.41, 5.74) is 1.45. The van der Waals surface area contributed by atoms with Crippen LogP contribution in [0.4, 0.5) is 5.82 Å². The number of aromatic nitrogens is 3. The number of aliphatic hydroxyl groups excluding tert-OH is 2. The van der Waals surface area contributed by atoms with E-state index in [1.807, 2.05) is 37.3 Å². The minimum absolute atomic E-state index is 0.00632. The fraction of sp³-hybridized carbons (Fsp3) is 0.400. The van der Waals surface area contributed by atoms with Gasteiger partial charge in [0, 0.05) is 18.9 Å². The van der Waals surface area contributed by atoms with E-state index in [1.54, 1.807) is 12.3 Å². The van der Waals surface area contributed by atoms with Crippen LogP contribution in [-0.4, -0.2) is 61.2 Å². The zero-order valence-electron chi connectivity index (χ0n) is 17.8. The molecule has 3 heterocycles. The highest BCUT2D eigenvalue weighted by Gasteiger charge is 2.44. The van der Waals surface area contributed by atoms with Gasteiger partial charge >= 0.3 is 7.60 Å². The summed E-state index contributed by atoms with van der Waals surface area (Å²) in [7, 11) is -3.86. The number of nitrogens with one attached hydrogen (secondary N) is 1. The van der Waals surface area contributed by atoms with Gasteiger partial charge in [-0.2, -0.15) is 4.98 Å². The van der Waals surface area contributed by atoms with Crippen LogP contribution in [0.25, 0.3) is 11.0 Å². The maximum absolute atomic E-state index is 11.2. The Balaban J connectivity index is 1.57. The minimum Gasteiger partial charge on any atom is -0.387 e. The van der Waals surface area contributed by atoms with Crippen LogP contribution in [0.5, 0.6) is 0 Å². The second-order valence-corrected chi connectivity index (χ2v) is 9.88. The number of aliphatic hydroxyl groups is 2. The quantitative estimate of drug-likeness (QED) is 0.158. The Morgan fingerprint density at radius 2 is 1.97 bits per heavy atom. The topological polar surface area (TPSA) is 148 Å². The van der Waals surface area contributed by atoms with Crippen molar-refractivity contribution in [3.8, 4) is 0 Å². The zero-order valence-corrected chi connectivity index (χ0v) is 19.4. The highest BCUT2D eigenvalue weighted by Crippen LogP contribution is 2.38. The predicted molar refractivity (Wildman–Crippen MR) is 120 cm³/mol. The number of benzene rings is 1. The Morgan fingerprint density at radius 1 is 1.24 bits per heavy atom. The molecule has 4 N–H and O–H groups in total. The van der Waals surface area contributed by atoms with Crippen LogP contribution >= 0.6 is 19.2 Å². The molecule has 3 aromatic rings. The largest absolute Gasteiger partial charge is 0.387 e. The van der Waals surface area contributed by atoms with Crippen LogP contribution in [0.3, 0.4) is 0 Å². The fourth-order valence-electron chi connectivity index (χ4n) is 3.64. The van der Waals surface area contributed by atoms with Crippen LogP contribution in [0.15, 0.2) is 42.6 Å². The Kier molecular flexibility index (Phi) is 7.04. The van der Waals surface area contributed by atoms with Crippen molar-refractivity contribution in [2.75, 3.05) is 18.6 Å². The maximum Gasteiger partial charge on any atom is 0.352 e. The van der Waals surface area contributed by atoms with Crippen LogP contribution < -0.4 is 5.32 Å². The van der Waals surface area contributed by atoms with E-state index in [2.05, 4.69) is 20.0 Å². The van der Waals surface area contributed by atoms with Crippen molar-refractivity contribution in [2.24, 2.45) is 0 Å². The highest BCUT2D eigenvalue weighted by atomic mass is 35.5. The summed E-state index contributed by atoms with van der Waals surface area (Å²) in [6.07, 6.45) is -3.05. The summed E-state index contributed by atoms with van der Waals surface area (Å²) in [5, 5.41) is 24.9. The Morgan fingerprint density at radius 3 is 2.67 bits per heavy atom. The molecule has 1 fully saturated rings. The number of hydrogen-bond donors (Lipinski definition) is 4. The van der Waals surface area contributed by atoms with Crippen molar-refractivity contribution in [2.45, 2.75) is 37.5 Å². The van der Waals surface area contributed by atoms with Gasteiger partial charge in [0.15, 0.2) is 6.23 Å². The highest BCUT2D eigenvalue weighted by molar-refractivity contribution is 7.51. The Bertz CT molecular complexity index is 1160. The molecular weight excluding hydrogens is 475 g/mol. The minimum atomic E-state index is -3.86. The van der Waals surface area contributed by atoms with E-state index in [1.165, 1.54) is 4.57 Å². The van der Waals surface area contributed by atoms with E-state index in [0.29, 0.717) is 16.9 Å². The first-order chi connectivity index (χ1) is 15.6. The van der Waals surface area contributed by atoms with Crippen LogP contribution in [0.2, 0.25) is 5.28 Å². The van der Waals surface area contributed by atoms with Crippen molar-refractivity contribution in [3.63, 3.8) is 0 Å². The smallest absolute Gasteiger partial charge is 0.352 e. The average Bonchev–Trinajstić information content (AvgIpc) is 3.29.